The number of anilines is 1. The standard InChI is InChI=1S/C26H24F3N3O2/c1-3-32(4-2)16-17-9-7-13-20-19-12-8-10-18(15-22(19)31-24(17)20)30-25(33)21-11-5-6-14-23(21)34-26(27,28)29/h5-15H,3-4,16H2,1-2H3,(H,30,33). The van der Waals surface area contributed by atoms with Crippen LogP contribution in [-0.2, 0) is 6.54 Å². The lowest BCUT2D eigenvalue weighted by atomic mass is 10.1. The minimum absolute atomic E-state index is 0.218. The highest BCUT2D eigenvalue weighted by Gasteiger charge is 2.32. The first kappa shape index (κ1) is 23.5. The molecular weight excluding hydrogens is 443 g/mol. The van der Waals surface area contributed by atoms with Crippen LogP contribution in [0, 0.1) is 0 Å². The van der Waals surface area contributed by atoms with Gasteiger partial charge in [0.1, 0.15) is 5.75 Å². The third-order valence-corrected chi connectivity index (χ3v) is 5.65. The fourth-order valence-corrected chi connectivity index (χ4v) is 3.95. The van der Waals surface area contributed by atoms with Crippen LogP contribution in [0.2, 0.25) is 0 Å². The molecule has 1 heterocycles. The largest absolute Gasteiger partial charge is 0.573 e. The third-order valence-electron chi connectivity index (χ3n) is 5.65. The Hall–Kier alpha value is -3.65. The molecule has 5 nitrogen and oxygen atoms in total. The lowest BCUT2D eigenvalue weighted by molar-refractivity contribution is -0.274. The maximum Gasteiger partial charge on any atom is 0.573 e. The number of benzene rings is 2. The minimum atomic E-state index is -4.90. The van der Waals surface area contributed by atoms with Crippen molar-refractivity contribution >= 4 is 22.5 Å². The number of nitrogens with zero attached hydrogens (tertiary/aromatic N) is 2. The lowest BCUT2D eigenvalue weighted by Crippen LogP contribution is -2.22. The van der Waals surface area contributed by atoms with Crippen LogP contribution in [0.15, 0.2) is 66.7 Å². The van der Waals surface area contributed by atoms with Crippen molar-refractivity contribution in [1.82, 2.24) is 9.88 Å². The maximum absolute atomic E-state index is 12.8. The van der Waals surface area contributed by atoms with Crippen molar-refractivity contribution in [3.63, 3.8) is 0 Å². The van der Waals surface area contributed by atoms with Gasteiger partial charge in [0.15, 0.2) is 0 Å². The highest BCUT2D eigenvalue weighted by atomic mass is 19.4. The molecule has 0 aromatic heterocycles. The van der Waals surface area contributed by atoms with Gasteiger partial charge in [-0.05, 0) is 42.9 Å². The van der Waals surface area contributed by atoms with Gasteiger partial charge in [0.2, 0.25) is 0 Å². The number of hydrogen-bond acceptors (Lipinski definition) is 4. The van der Waals surface area contributed by atoms with Gasteiger partial charge in [-0.25, -0.2) is 4.98 Å². The normalized spacial score (nSPS) is 11.8. The van der Waals surface area contributed by atoms with Crippen LogP contribution in [0.5, 0.6) is 5.75 Å². The Bertz CT molecular complexity index is 1290. The number of ether oxygens (including phenoxy) is 1. The first-order valence-electron chi connectivity index (χ1n) is 11.0. The van der Waals surface area contributed by atoms with Gasteiger partial charge < -0.3 is 10.1 Å². The van der Waals surface area contributed by atoms with Crippen LogP contribution in [-0.4, -0.2) is 35.2 Å². The first-order valence-corrected chi connectivity index (χ1v) is 11.0. The van der Waals surface area contributed by atoms with E-state index in [9.17, 15) is 18.0 Å². The van der Waals surface area contributed by atoms with E-state index in [0.29, 0.717) is 11.4 Å². The SMILES string of the molecule is CCN(CC)Cc1cccc2c3cccc(NC(=O)c4ccccc4OC(F)(F)F)cc-3nc12. The first-order chi connectivity index (χ1) is 16.3. The van der Waals surface area contributed by atoms with Crippen molar-refractivity contribution < 1.29 is 22.7 Å². The summed E-state index contributed by atoms with van der Waals surface area (Å²) in [6.45, 7) is 6.87. The third kappa shape index (κ3) is 5.12. The predicted octanol–water partition coefficient (Wildman–Crippen LogP) is 6.33. The Morgan fingerprint density at radius 3 is 2.47 bits per heavy atom. The number of halogens is 3. The van der Waals surface area contributed by atoms with Crippen molar-refractivity contribution in [3.8, 4) is 17.0 Å². The average Bonchev–Trinajstić information content (AvgIpc) is 3.02. The molecule has 0 radical (unpaired) electrons. The minimum Gasteiger partial charge on any atom is -0.405 e. The summed E-state index contributed by atoms with van der Waals surface area (Å²) >= 11 is 0. The monoisotopic (exact) mass is 467 g/mol. The molecule has 1 aliphatic heterocycles. The molecule has 1 aliphatic carbocycles. The number of carbonyl (C=O) groups excluding carboxylic acids is 1. The van der Waals surface area contributed by atoms with Crippen molar-refractivity contribution in [1.29, 1.82) is 0 Å². The van der Waals surface area contributed by atoms with Gasteiger partial charge in [0, 0.05) is 23.2 Å². The topological polar surface area (TPSA) is 54.5 Å². The molecule has 2 aromatic rings. The van der Waals surface area contributed by atoms with Gasteiger partial charge in [-0.15, -0.1) is 13.2 Å². The zero-order valence-corrected chi connectivity index (χ0v) is 18.8. The average molecular weight is 467 g/mol. The van der Waals surface area contributed by atoms with E-state index in [1.165, 1.54) is 18.2 Å². The zero-order chi connectivity index (χ0) is 24.3. The zero-order valence-electron chi connectivity index (χ0n) is 18.8. The highest BCUT2D eigenvalue weighted by molar-refractivity contribution is 6.07. The number of carbonyl (C=O) groups is 1. The van der Waals surface area contributed by atoms with E-state index < -0.39 is 18.0 Å². The molecule has 8 heteroatoms. The summed E-state index contributed by atoms with van der Waals surface area (Å²) in [7, 11) is 0. The van der Waals surface area contributed by atoms with E-state index >= 15 is 0 Å². The number of nitrogens with one attached hydrogen (secondary N) is 1. The number of rotatable bonds is 7. The molecule has 2 aromatic carbocycles. The Balaban J connectivity index is 1.67. The predicted molar refractivity (Wildman–Crippen MR) is 126 cm³/mol. The fourth-order valence-electron chi connectivity index (χ4n) is 3.95. The molecule has 0 unspecified atom stereocenters. The van der Waals surface area contributed by atoms with E-state index in [-0.39, 0.29) is 5.56 Å². The van der Waals surface area contributed by atoms with Crippen molar-refractivity contribution in [2.24, 2.45) is 0 Å². The van der Waals surface area contributed by atoms with E-state index in [4.69, 9.17) is 4.98 Å². The highest BCUT2D eigenvalue weighted by Crippen LogP contribution is 2.34. The van der Waals surface area contributed by atoms with Gasteiger partial charge in [0.05, 0.1) is 16.8 Å². The molecule has 2 aliphatic rings. The Kier molecular flexibility index (Phi) is 6.70. The summed E-state index contributed by atoms with van der Waals surface area (Å²) in [6.07, 6.45) is -4.90. The van der Waals surface area contributed by atoms with Crippen LogP contribution in [0.1, 0.15) is 29.8 Å². The quantitative estimate of drug-likeness (QED) is 0.345. The molecule has 0 spiro atoms. The Morgan fingerprint density at radius 1 is 1.00 bits per heavy atom. The summed E-state index contributed by atoms with van der Waals surface area (Å²) in [5, 5.41) is 3.68. The van der Waals surface area contributed by atoms with Crippen molar-refractivity contribution in [2.75, 3.05) is 18.4 Å². The molecule has 176 valence electrons. The van der Waals surface area contributed by atoms with Gasteiger partial charge in [-0.1, -0.05) is 56.3 Å². The summed E-state index contributed by atoms with van der Waals surface area (Å²) in [4.78, 5) is 19.9. The van der Waals surface area contributed by atoms with Gasteiger partial charge in [-0.3, -0.25) is 9.69 Å². The molecule has 0 saturated carbocycles. The summed E-state index contributed by atoms with van der Waals surface area (Å²) in [5.74, 6) is -1.27. The second kappa shape index (κ2) is 9.69. The second-order valence-electron chi connectivity index (χ2n) is 7.81. The van der Waals surface area contributed by atoms with E-state index in [2.05, 4.69) is 34.9 Å². The van der Waals surface area contributed by atoms with E-state index in [1.807, 2.05) is 18.2 Å². The van der Waals surface area contributed by atoms with E-state index in [1.54, 1.807) is 18.2 Å². The van der Waals surface area contributed by atoms with Gasteiger partial charge >= 0.3 is 6.36 Å². The molecule has 4 rings (SSSR count). The van der Waals surface area contributed by atoms with Crippen LogP contribution in [0.25, 0.3) is 22.2 Å². The molecule has 0 atom stereocenters. The molecule has 34 heavy (non-hydrogen) atoms. The molecule has 0 saturated heterocycles. The summed E-state index contributed by atoms with van der Waals surface area (Å²) in [5.41, 5.74) is 3.82. The number of alkyl halides is 3. The molecular formula is C26H24F3N3O2. The van der Waals surface area contributed by atoms with E-state index in [0.717, 1.165) is 47.7 Å². The number of aromatic nitrogens is 1. The van der Waals surface area contributed by atoms with Crippen LogP contribution in [0.3, 0.4) is 0 Å². The molecule has 0 fully saturated rings. The maximum atomic E-state index is 12.8. The van der Waals surface area contributed by atoms with Crippen LogP contribution >= 0.6 is 0 Å². The summed E-state index contributed by atoms with van der Waals surface area (Å²) in [6, 6.07) is 18.4. The van der Waals surface area contributed by atoms with Crippen LogP contribution < -0.4 is 10.1 Å². The fraction of sp³-hybridized carbons (Fsp3) is 0.231. The number of amides is 1. The van der Waals surface area contributed by atoms with Crippen LogP contribution in [0.4, 0.5) is 18.9 Å². The van der Waals surface area contributed by atoms with Crippen molar-refractivity contribution in [2.45, 2.75) is 26.8 Å². The number of para-hydroxylation sites is 2. The summed E-state index contributed by atoms with van der Waals surface area (Å²) < 4.78 is 42.2. The number of fused-ring (bicyclic) bond motifs is 3. The number of hydrogen-bond donors (Lipinski definition) is 1. The van der Waals surface area contributed by atoms with Gasteiger partial charge in [0.25, 0.3) is 5.91 Å². The molecule has 1 N–H and O–H groups in total. The smallest absolute Gasteiger partial charge is 0.405 e. The van der Waals surface area contributed by atoms with Crippen molar-refractivity contribution in [3.05, 3.63) is 77.9 Å². The Morgan fingerprint density at radius 2 is 1.74 bits per heavy atom. The Labute approximate surface area is 195 Å². The molecule has 0 bridgehead atoms. The lowest BCUT2D eigenvalue weighted by Gasteiger charge is -2.18. The second-order valence-corrected chi connectivity index (χ2v) is 7.81. The van der Waals surface area contributed by atoms with Gasteiger partial charge in [-0.2, -0.15) is 0 Å². The molecule has 1 amide bonds.